The Morgan fingerprint density at radius 3 is 2.61 bits per heavy atom. The van der Waals surface area contributed by atoms with Gasteiger partial charge < -0.3 is 46.9 Å². The number of hydrogen-bond donors (Lipinski definition) is 8. The fourth-order valence-corrected chi connectivity index (χ4v) is 5.27. The number of fused-ring (bicyclic) bond motifs is 1. The average Bonchev–Trinajstić information content (AvgIpc) is 3.39. The molecular formula is C29H37F3N8O3S. The Kier molecular flexibility index (Phi) is 11.3. The zero-order chi connectivity index (χ0) is 31.9. The number of nitrogens with one attached hydrogen (secondary N) is 4. The SMILES string of the molecule is C[C@H](NCCCNC(=N)N)c1ccc(N2C=c3cc(-c4cc(CO[C@H](CN)CO)cc(SC(F)(F)F)c4)[nH]c3=NC2O)cc1. The molecule has 0 bridgehead atoms. The molecule has 3 atom stereocenters. The first kappa shape index (κ1) is 33.3. The molecule has 2 aromatic carbocycles. The lowest BCUT2D eigenvalue weighted by Gasteiger charge is -2.25. The number of thioether (sulfide) groups is 1. The summed E-state index contributed by atoms with van der Waals surface area (Å²) < 4.78 is 45.3. The van der Waals surface area contributed by atoms with Crippen molar-refractivity contribution in [2.75, 3.05) is 31.1 Å². The maximum atomic E-state index is 13.2. The normalized spacial score (nSPS) is 16.1. The Balaban J connectivity index is 1.53. The van der Waals surface area contributed by atoms with Crippen LogP contribution in [-0.2, 0) is 11.3 Å². The average molecular weight is 635 g/mol. The number of guanidine groups is 1. The maximum absolute atomic E-state index is 13.2. The van der Waals surface area contributed by atoms with Gasteiger partial charge in [0.2, 0.25) is 6.35 Å². The minimum atomic E-state index is -4.48. The van der Waals surface area contributed by atoms with Crippen LogP contribution in [0.5, 0.6) is 0 Å². The number of aromatic amines is 1. The molecular weight excluding hydrogens is 597 g/mol. The molecule has 0 saturated carbocycles. The number of halogens is 3. The van der Waals surface area contributed by atoms with Gasteiger partial charge in [0.05, 0.1) is 19.3 Å². The molecule has 3 aromatic rings. The lowest BCUT2D eigenvalue weighted by Crippen LogP contribution is -2.41. The summed E-state index contributed by atoms with van der Waals surface area (Å²) >= 11 is -0.230. The Bertz CT molecular complexity index is 1530. The predicted molar refractivity (Wildman–Crippen MR) is 164 cm³/mol. The number of anilines is 1. The van der Waals surface area contributed by atoms with Crippen LogP contribution in [0.3, 0.4) is 0 Å². The van der Waals surface area contributed by atoms with Gasteiger partial charge in [-0.1, -0.05) is 12.1 Å². The Morgan fingerprint density at radius 2 is 1.95 bits per heavy atom. The molecule has 238 valence electrons. The zero-order valence-electron chi connectivity index (χ0n) is 24.1. The van der Waals surface area contributed by atoms with Gasteiger partial charge in [0.25, 0.3) is 0 Å². The zero-order valence-corrected chi connectivity index (χ0v) is 24.9. The van der Waals surface area contributed by atoms with Crippen LogP contribution in [0.15, 0.2) is 58.4 Å². The van der Waals surface area contributed by atoms with E-state index in [0.717, 1.165) is 18.5 Å². The third kappa shape index (κ3) is 9.20. The first-order valence-electron chi connectivity index (χ1n) is 13.9. The molecule has 0 aliphatic carbocycles. The molecule has 1 unspecified atom stereocenters. The van der Waals surface area contributed by atoms with Crippen LogP contribution < -0.4 is 37.7 Å². The van der Waals surface area contributed by atoms with E-state index in [1.54, 1.807) is 23.2 Å². The summed E-state index contributed by atoms with van der Waals surface area (Å²) in [6.45, 7) is 3.12. The first-order valence-corrected chi connectivity index (χ1v) is 14.8. The van der Waals surface area contributed by atoms with E-state index >= 15 is 0 Å². The minimum absolute atomic E-state index is 0.0198. The minimum Gasteiger partial charge on any atom is -0.394 e. The van der Waals surface area contributed by atoms with Crippen LogP contribution in [-0.4, -0.2) is 65.4 Å². The van der Waals surface area contributed by atoms with Crippen molar-refractivity contribution >= 4 is 29.6 Å². The van der Waals surface area contributed by atoms with Crippen LogP contribution in [0.25, 0.3) is 17.5 Å². The van der Waals surface area contributed by atoms with E-state index in [0.29, 0.717) is 39.8 Å². The molecule has 1 aliphatic rings. The number of aliphatic hydroxyl groups is 2. The number of benzene rings is 2. The van der Waals surface area contributed by atoms with E-state index < -0.39 is 18.0 Å². The van der Waals surface area contributed by atoms with E-state index in [-0.39, 0.29) is 48.4 Å². The number of H-pyrrole nitrogens is 1. The van der Waals surface area contributed by atoms with E-state index in [1.807, 2.05) is 31.2 Å². The lowest BCUT2D eigenvalue weighted by molar-refractivity contribution is -0.0328. The molecule has 0 saturated heterocycles. The van der Waals surface area contributed by atoms with Gasteiger partial charge in [0, 0.05) is 46.8 Å². The topological polar surface area (TPSA) is 181 Å². The molecule has 15 heteroatoms. The van der Waals surface area contributed by atoms with Gasteiger partial charge in [-0.3, -0.25) is 5.41 Å². The lowest BCUT2D eigenvalue weighted by atomic mass is 10.1. The molecule has 0 spiro atoms. The van der Waals surface area contributed by atoms with Crippen molar-refractivity contribution in [3.8, 4) is 11.3 Å². The van der Waals surface area contributed by atoms with Crippen molar-refractivity contribution in [2.24, 2.45) is 16.5 Å². The highest BCUT2D eigenvalue weighted by atomic mass is 32.2. The summed E-state index contributed by atoms with van der Waals surface area (Å²) in [5.74, 6) is -0.0508. The quantitative estimate of drug-likeness (QED) is 0.0568. The molecule has 1 aliphatic heterocycles. The van der Waals surface area contributed by atoms with Crippen molar-refractivity contribution < 1.29 is 28.1 Å². The number of nitrogens with two attached hydrogens (primary N) is 2. The van der Waals surface area contributed by atoms with Crippen LogP contribution in [0, 0.1) is 5.41 Å². The highest BCUT2D eigenvalue weighted by Gasteiger charge is 2.30. The largest absolute Gasteiger partial charge is 0.446 e. The monoisotopic (exact) mass is 634 g/mol. The van der Waals surface area contributed by atoms with Crippen molar-refractivity contribution in [1.29, 1.82) is 5.41 Å². The van der Waals surface area contributed by atoms with Crippen LogP contribution in [0.2, 0.25) is 0 Å². The molecule has 4 rings (SSSR count). The third-order valence-electron chi connectivity index (χ3n) is 6.87. The molecule has 11 nitrogen and oxygen atoms in total. The summed E-state index contributed by atoms with van der Waals surface area (Å²) in [6, 6.07) is 14.0. The number of rotatable bonds is 14. The van der Waals surface area contributed by atoms with Crippen molar-refractivity contribution in [3.63, 3.8) is 0 Å². The van der Waals surface area contributed by atoms with Crippen LogP contribution >= 0.6 is 11.8 Å². The second-order valence-corrected chi connectivity index (χ2v) is 11.4. The second kappa shape index (κ2) is 14.9. The Morgan fingerprint density at radius 1 is 1.20 bits per heavy atom. The van der Waals surface area contributed by atoms with Gasteiger partial charge >= 0.3 is 5.51 Å². The standard InChI is InChI=1S/C29H37F3N8O3S/c1-17(36-7-2-8-37-27(34)35)19-3-5-22(6-4-19)40-14-21-12-25(38-26(21)39-28(40)42)20-9-18(16-43-23(13-33)15-41)10-24(11-20)44-29(30,31)32/h3-6,9-12,14,17,23,28,36,41-42H,2,7-8,13,15-16,33H2,1H3,(H,38,39)(H4,34,35,37)/t17-,23+,28?/m0/s1. The fourth-order valence-electron chi connectivity index (χ4n) is 4.61. The van der Waals surface area contributed by atoms with E-state index in [2.05, 4.69) is 20.6 Å². The summed E-state index contributed by atoms with van der Waals surface area (Å²) in [5, 5.41) is 34.2. The van der Waals surface area contributed by atoms with Crippen molar-refractivity contribution in [3.05, 3.63) is 70.4 Å². The smallest absolute Gasteiger partial charge is 0.394 e. The van der Waals surface area contributed by atoms with Gasteiger partial charge in [0.15, 0.2) is 5.96 Å². The number of aromatic nitrogens is 1. The third-order valence-corrected chi connectivity index (χ3v) is 7.57. The maximum Gasteiger partial charge on any atom is 0.446 e. The van der Waals surface area contributed by atoms with Gasteiger partial charge in [-0.25, -0.2) is 4.99 Å². The number of aliphatic hydroxyl groups excluding tert-OH is 2. The summed E-state index contributed by atoms with van der Waals surface area (Å²) in [5.41, 5.74) is 10.00. The predicted octanol–water partition coefficient (Wildman–Crippen LogP) is 1.81. The molecule has 2 heterocycles. The summed E-state index contributed by atoms with van der Waals surface area (Å²) in [6.07, 6.45) is 0.688. The molecule has 0 amide bonds. The number of alkyl halides is 3. The van der Waals surface area contributed by atoms with E-state index in [1.165, 1.54) is 12.1 Å². The van der Waals surface area contributed by atoms with Crippen molar-refractivity contribution in [1.82, 2.24) is 15.6 Å². The van der Waals surface area contributed by atoms with Gasteiger partial charge in [-0.15, -0.1) is 0 Å². The van der Waals surface area contributed by atoms with Gasteiger partial charge in [-0.2, -0.15) is 13.2 Å². The summed E-state index contributed by atoms with van der Waals surface area (Å²) in [4.78, 5) is 9.06. The van der Waals surface area contributed by atoms with E-state index in [4.69, 9.17) is 21.6 Å². The van der Waals surface area contributed by atoms with Gasteiger partial charge in [0.1, 0.15) is 5.49 Å². The molecule has 1 aromatic heterocycles. The summed E-state index contributed by atoms with van der Waals surface area (Å²) in [7, 11) is 0. The number of nitrogens with zero attached hydrogens (tertiary/aromatic N) is 2. The number of hydrogen-bond acceptors (Lipinski definition) is 9. The molecule has 0 radical (unpaired) electrons. The van der Waals surface area contributed by atoms with Gasteiger partial charge in [-0.05, 0) is 84.7 Å². The van der Waals surface area contributed by atoms with E-state index in [9.17, 15) is 23.4 Å². The highest BCUT2D eigenvalue weighted by Crippen LogP contribution is 2.38. The first-order chi connectivity index (χ1) is 21.0. The van der Waals surface area contributed by atoms with Crippen LogP contribution in [0.4, 0.5) is 18.9 Å². The Hall–Kier alpha value is -3.60. The molecule has 0 fully saturated rings. The highest BCUT2D eigenvalue weighted by molar-refractivity contribution is 8.00. The molecule has 44 heavy (non-hydrogen) atoms. The molecule has 10 N–H and O–H groups in total. The second-order valence-electron chi connectivity index (χ2n) is 10.2. The van der Waals surface area contributed by atoms with Crippen LogP contribution in [0.1, 0.15) is 30.5 Å². The van der Waals surface area contributed by atoms with Crippen molar-refractivity contribution in [2.45, 2.75) is 48.9 Å². The fraction of sp³-hybridized carbons (Fsp3) is 0.379. The Labute approximate surface area is 256 Å². The number of ether oxygens (including phenoxy) is 1.